The average Bonchev–Trinajstić information content (AvgIpc) is 2.87. The van der Waals surface area contributed by atoms with Crippen molar-refractivity contribution in [3.8, 4) is 0 Å². The van der Waals surface area contributed by atoms with Gasteiger partial charge in [0.25, 0.3) is 0 Å². The first kappa shape index (κ1) is 7.53. The average molecular weight is 158 g/mol. The summed E-state index contributed by atoms with van der Waals surface area (Å²) in [4.78, 5) is 0. The number of aliphatic hydroxyl groups excluding tert-OH is 1. The number of hydrogen-bond donors (Lipinski definition) is 1. The molecule has 2 unspecified atom stereocenters. The fourth-order valence-corrected chi connectivity index (χ4v) is 1.44. The molecule has 1 aliphatic carbocycles. The zero-order chi connectivity index (χ0) is 7.68. The third-order valence-electron chi connectivity index (χ3n) is 2.33. The minimum absolute atomic E-state index is 0.0590. The van der Waals surface area contributed by atoms with Crippen LogP contribution in [0.3, 0.4) is 0 Å². The molecule has 0 spiro atoms. The van der Waals surface area contributed by atoms with Crippen LogP contribution < -0.4 is 0 Å². The predicted molar refractivity (Wildman–Crippen MR) is 39.3 cm³/mol. The number of aliphatic hydroxyl groups is 1. The molecule has 2 fully saturated rings. The molecule has 11 heavy (non-hydrogen) atoms. The lowest BCUT2D eigenvalue weighted by Gasteiger charge is -2.26. The molecule has 0 radical (unpaired) electrons. The Bertz CT molecular complexity index is 127. The molecule has 1 heterocycles. The van der Waals surface area contributed by atoms with Crippen molar-refractivity contribution in [1.82, 2.24) is 0 Å². The van der Waals surface area contributed by atoms with Gasteiger partial charge in [-0.3, -0.25) is 0 Å². The van der Waals surface area contributed by atoms with Crippen LogP contribution in [0.15, 0.2) is 0 Å². The molecule has 2 rings (SSSR count). The van der Waals surface area contributed by atoms with Gasteiger partial charge in [-0.05, 0) is 18.8 Å². The van der Waals surface area contributed by atoms with E-state index in [0.717, 1.165) is 12.8 Å². The van der Waals surface area contributed by atoms with E-state index in [9.17, 15) is 5.11 Å². The fourth-order valence-electron chi connectivity index (χ4n) is 1.44. The summed E-state index contributed by atoms with van der Waals surface area (Å²) in [5.41, 5.74) is 0. The summed E-state index contributed by atoms with van der Waals surface area (Å²) in [5.74, 6) is 0.488. The summed E-state index contributed by atoms with van der Waals surface area (Å²) in [5, 5.41) is 9.61. The molecule has 1 saturated heterocycles. The highest BCUT2D eigenvalue weighted by Crippen LogP contribution is 2.35. The maximum absolute atomic E-state index is 9.61. The Morgan fingerprint density at radius 3 is 2.64 bits per heavy atom. The van der Waals surface area contributed by atoms with Crippen molar-refractivity contribution < 1.29 is 14.6 Å². The molecule has 3 nitrogen and oxygen atoms in total. The zero-order valence-electron chi connectivity index (χ0n) is 6.53. The summed E-state index contributed by atoms with van der Waals surface area (Å²) in [6, 6.07) is 0. The van der Waals surface area contributed by atoms with E-state index in [2.05, 4.69) is 0 Å². The number of rotatable bonds is 2. The van der Waals surface area contributed by atoms with Crippen LogP contribution in [0.25, 0.3) is 0 Å². The van der Waals surface area contributed by atoms with Gasteiger partial charge in [0.15, 0.2) is 0 Å². The van der Waals surface area contributed by atoms with Crippen molar-refractivity contribution in [2.75, 3.05) is 19.8 Å². The topological polar surface area (TPSA) is 38.7 Å². The molecule has 1 N–H and O–H groups in total. The van der Waals surface area contributed by atoms with Gasteiger partial charge in [-0.15, -0.1) is 0 Å². The first-order chi connectivity index (χ1) is 5.38. The second-order valence-corrected chi connectivity index (χ2v) is 3.31. The lowest BCUT2D eigenvalue weighted by Crippen LogP contribution is -2.39. The summed E-state index contributed by atoms with van der Waals surface area (Å²) in [6.07, 6.45) is 1.97. The molecule has 0 amide bonds. The standard InChI is InChI=1S/C8H14O3/c9-8(6-1-2-6)7-5-10-3-4-11-7/h6-9H,1-5H2. The summed E-state index contributed by atoms with van der Waals surface area (Å²) < 4.78 is 10.6. The SMILES string of the molecule is OC(C1CC1)C1COCCO1. The van der Waals surface area contributed by atoms with Gasteiger partial charge >= 0.3 is 0 Å². The number of ether oxygens (including phenoxy) is 2. The molecular formula is C8H14O3. The maximum Gasteiger partial charge on any atom is 0.107 e. The van der Waals surface area contributed by atoms with Crippen molar-refractivity contribution >= 4 is 0 Å². The monoisotopic (exact) mass is 158 g/mol. The van der Waals surface area contributed by atoms with Crippen molar-refractivity contribution in [1.29, 1.82) is 0 Å². The van der Waals surface area contributed by atoms with E-state index >= 15 is 0 Å². The van der Waals surface area contributed by atoms with Gasteiger partial charge in [0.1, 0.15) is 6.10 Å². The Balaban J connectivity index is 1.81. The molecule has 2 aliphatic rings. The maximum atomic E-state index is 9.61. The minimum Gasteiger partial charge on any atom is -0.390 e. The van der Waals surface area contributed by atoms with Crippen LogP contribution in [0.1, 0.15) is 12.8 Å². The summed E-state index contributed by atoms with van der Waals surface area (Å²) in [6.45, 7) is 1.88. The van der Waals surface area contributed by atoms with Crippen LogP contribution in [0.4, 0.5) is 0 Å². The number of hydrogen-bond acceptors (Lipinski definition) is 3. The van der Waals surface area contributed by atoms with E-state index in [1.165, 1.54) is 0 Å². The first-order valence-electron chi connectivity index (χ1n) is 4.25. The van der Waals surface area contributed by atoms with Gasteiger partial charge in [0, 0.05) is 0 Å². The highest BCUT2D eigenvalue weighted by molar-refractivity contribution is 4.86. The minimum atomic E-state index is -0.282. The Morgan fingerprint density at radius 2 is 2.09 bits per heavy atom. The van der Waals surface area contributed by atoms with E-state index in [1.54, 1.807) is 0 Å². The van der Waals surface area contributed by atoms with Crippen LogP contribution in [0, 0.1) is 5.92 Å². The summed E-state index contributed by atoms with van der Waals surface area (Å²) in [7, 11) is 0. The molecule has 2 atom stereocenters. The largest absolute Gasteiger partial charge is 0.390 e. The quantitative estimate of drug-likeness (QED) is 0.622. The molecule has 0 bridgehead atoms. The van der Waals surface area contributed by atoms with Gasteiger partial charge < -0.3 is 14.6 Å². The predicted octanol–water partition coefficient (Wildman–Crippen LogP) is 0.173. The second kappa shape index (κ2) is 3.09. The van der Waals surface area contributed by atoms with Crippen molar-refractivity contribution in [2.24, 2.45) is 5.92 Å². The van der Waals surface area contributed by atoms with Crippen LogP contribution in [0.2, 0.25) is 0 Å². The second-order valence-electron chi connectivity index (χ2n) is 3.31. The van der Waals surface area contributed by atoms with E-state index in [-0.39, 0.29) is 12.2 Å². The normalized spacial score (nSPS) is 35.2. The van der Waals surface area contributed by atoms with E-state index in [0.29, 0.717) is 25.7 Å². The fraction of sp³-hybridized carbons (Fsp3) is 1.00. The van der Waals surface area contributed by atoms with Crippen molar-refractivity contribution in [2.45, 2.75) is 25.0 Å². The van der Waals surface area contributed by atoms with Crippen LogP contribution in [0.5, 0.6) is 0 Å². The van der Waals surface area contributed by atoms with Crippen molar-refractivity contribution in [3.63, 3.8) is 0 Å². The summed E-state index contributed by atoms with van der Waals surface area (Å²) >= 11 is 0. The Kier molecular flexibility index (Phi) is 2.11. The molecule has 1 saturated carbocycles. The highest BCUT2D eigenvalue weighted by Gasteiger charge is 2.36. The first-order valence-corrected chi connectivity index (χ1v) is 4.25. The molecule has 3 heteroatoms. The molecule has 0 aromatic rings. The Hall–Kier alpha value is -0.120. The van der Waals surface area contributed by atoms with Gasteiger partial charge in [0.05, 0.1) is 25.9 Å². The van der Waals surface area contributed by atoms with Gasteiger partial charge in [0.2, 0.25) is 0 Å². The zero-order valence-corrected chi connectivity index (χ0v) is 6.53. The van der Waals surface area contributed by atoms with Crippen LogP contribution in [-0.2, 0) is 9.47 Å². The van der Waals surface area contributed by atoms with E-state index < -0.39 is 0 Å². The Labute approximate surface area is 66.3 Å². The molecule has 64 valence electrons. The lowest BCUT2D eigenvalue weighted by molar-refractivity contribution is -0.136. The van der Waals surface area contributed by atoms with Crippen LogP contribution >= 0.6 is 0 Å². The third kappa shape index (κ3) is 1.72. The molecule has 0 aromatic heterocycles. The lowest BCUT2D eigenvalue weighted by atomic mass is 10.1. The van der Waals surface area contributed by atoms with E-state index in [4.69, 9.17) is 9.47 Å². The van der Waals surface area contributed by atoms with Crippen molar-refractivity contribution in [3.05, 3.63) is 0 Å². The molecular weight excluding hydrogens is 144 g/mol. The van der Waals surface area contributed by atoms with Gasteiger partial charge in [-0.2, -0.15) is 0 Å². The Morgan fingerprint density at radius 1 is 1.27 bits per heavy atom. The molecule has 0 aromatic carbocycles. The van der Waals surface area contributed by atoms with Gasteiger partial charge in [-0.1, -0.05) is 0 Å². The smallest absolute Gasteiger partial charge is 0.107 e. The van der Waals surface area contributed by atoms with E-state index in [1.807, 2.05) is 0 Å². The highest BCUT2D eigenvalue weighted by atomic mass is 16.6. The van der Waals surface area contributed by atoms with Crippen LogP contribution in [-0.4, -0.2) is 37.1 Å². The van der Waals surface area contributed by atoms with Gasteiger partial charge in [-0.25, -0.2) is 0 Å². The molecule has 1 aliphatic heterocycles. The third-order valence-corrected chi connectivity index (χ3v) is 2.33.